The van der Waals surface area contributed by atoms with E-state index in [0.29, 0.717) is 12.5 Å². The summed E-state index contributed by atoms with van der Waals surface area (Å²) in [6.45, 7) is 5.34. The van der Waals surface area contributed by atoms with Crippen LogP contribution in [0.1, 0.15) is 32.6 Å². The van der Waals surface area contributed by atoms with Crippen LogP contribution >= 0.6 is 0 Å². The molecule has 2 aliphatic rings. The molecule has 2 atom stereocenters. The van der Waals surface area contributed by atoms with Crippen LogP contribution in [0.15, 0.2) is 0 Å². The van der Waals surface area contributed by atoms with Gasteiger partial charge in [-0.2, -0.15) is 0 Å². The Morgan fingerprint density at radius 2 is 2.38 bits per heavy atom. The van der Waals surface area contributed by atoms with Gasteiger partial charge >= 0.3 is 5.97 Å². The highest BCUT2D eigenvalue weighted by molar-refractivity contribution is 5.71. The van der Waals surface area contributed by atoms with Crippen LogP contribution in [0.25, 0.3) is 0 Å². The first-order valence-electron chi connectivity index (χ1n) is 6.28. The number of rotatable bonds is 4. The molecule has 0 amide bonds. The van der Waals surface area contributed by atoms with E-state index in [2.05, 4.69) is 17.1 Å². The molecule has 92 valence electrons. The van der Waals surface area contributed by atoms with Crippen molar-refractivity contribution in [3.05, 3.63) is 0 Å². The Balaban J connectivity index is 2.11. The van der Waals surface area contributed by atoms with Gasteiger partial charge in [0.1, 0.15) is 0 Å². The standard InChI is InChI=1S/C12H22N2O2/c1-3-13-12(9-11(15)16-2)6-8-14-7-4-5-10(12)14/h10,13H,3-9H2,1-2H3. The number of esters is 1. The van der Waals surface area contributed by atoms with Crippen molar-refractivity contribution < 1.29 is 9.53 Å². The van der Waals surface area contributed by atoms with E-state index >= 15 is 0 Å². The van der Waals surface area contributed by atoms with Crippen molar-refractivity contribution in [2.45, 2.75) is 44.2 Å². The molecule has 4 nitrogen and oxygen atoms in total. The number of hydrogen-bond acceptors (Lipinski definition) is 4. The van der Waals surface area contributed by atoms with Gasteiger partial charge in [0.15, 0.2) is 0 Å². The molecule has 2 rings (SSSR count). The van der Waals surface area contributed by atoms with Crippen LogP contribution in [0.3, 0.4) is 0 Å². The Hall–Kier alpha value is -0.610. The summed E-state index contributed by atoms with van der Waals surface area (Å²) in [4.78, 5) is 14.1. The molecule has 4 heteroatoms. The molecule has 0 bridgehead atoms. The van der Waals surface area contributed by atoms with Crippen molar-refractivity contribution in [2.24, 2.45) is 0 Å². The monoisotopic (exact) mass is 226 g/mol. The molecule has 2 aliphatic heterocycles. The largest absolute Gasteiger partial charge is 0.469 e. The number of nitrogens with zero attached hydrogens (tertiary/aromatic N) is 1. The zero-order valence-corrected chi connectivity index (χ0v) is 10.3. The van der Waals surface area contributed by atoms with E-state index in [1.54, 1.807) is 0 Å². The lowest BCUT2D eigenvalue weighted by Gasteiger charge is -2.35. The number of ether oxygens (including phenoxy) is 1. The molecule has 2 unspecified atom stereocenters. The third-order valence-electron chi connectivity index (χ3n) is 4.06. The first-order valence-corrected chi connectivity index (χ1v) is 6.28. The number of fused-ring (bicyclic) bond motifs is 1. The van der Waals surface area contributed by atoms with Crippen molar-refractivity contribution in [3.63, 3.8) is 0 Å². The summed E-state index contributed by atoms with van der Waals surface area (Å²) in [6.07, 6.45) is 4.06. The van der Waals surface area contributed by atoms with Crippen LogP contribution in [-0.4, -0.2) is 49.2 Å². The molecule has 1 N–H and O–H groups in total. The smallest absolute Gasteiger partial charge is 0.307 e. The van der Waals surface area contributed by atoms with Crippen LogP contribution in [0, 0.1) is 0 Å². The van der Waals surface area contributed by atoms with E-state index in [4.69, 9.17) is 4.74 Å². The van der Waals surface area contributed by atoms with Gasteiger partial charge in [0, 0.05) is 18.1 Å². The lowest BCUT2D eigenvalue weighted by molar-refractivity contribution is -0.142. The van der Waals surface area contributed by atoms with Gasteiger partial charge in [0.2, 0.25) is 0 Å². The predicted molar refractivity (Wildman–Crippen MR) is 62.3 cm³/mol. The van der Waals surface area contributed by atoms with E-state index in [0.717, 1.165) is 19.5 Å². The summed E-state index contributed by atoms with van der Waals surface area (Å²) in [6, 6.07) is 0.534. The van der Waals surface area contributed by atoms with E-state index in [1.165, 1.54) is 26.5 Å². The average Bonchev–Trinajstić information content (AvgIpc) is 2.84. The van der Waals surface area contributed by atoms with Gasteiger partial charge in [0.05, 0.1) is 13.5 Å². The summed E-state index contributed by atoms with van der Waals surface area (Å²) < 4.78 is 4.83. The SMILES string of the molecule is CCNC1(CC(=O)OC)CCN2CCCC21. The fourth-order valence-corrected chi connectivity index (χ4v) is 3.39. The molecule has 0 spiro atoms. The summed E-state index contributed by atoms with van der Waals surface area (Å²) in [5.74, 6) is -0.0882. The van der Waals surface area contributed by atoms with Crippen LogP contribution in [0.5, 0.6) is 0 Å². The second-order valence-corrected chi connectivity index (χ2v) is 4.88. The Kier molecular flexibility index (Phi) is 3.50. The predicted octanol–water partition coefficient (Wildman–Crippen LogP) is 0.766. The van der Waals surface area contributed by atoms with Gasteiger partial charge in [-0.1, -0.05) is 6.92 Å². The molecule has 0 radical (unpaired) electrons. The maximum absolute atomic E-state index is 11.6. The van der Waals surface area contributed by atoms with Crippen molar-refractivity contribution in [1.29, 1.82) is 0 Å². The maximum atomic E-state index is 11.6. The lowest BCUT2D eigenvalue weighted by atomic mass is 9.85. The van der Waals surface area contributed by atoms with Gasteiger partial charge in [0.25, 0.3) is 0 Å². The quantitative estimate of drug-likeness (QED) is 0.719. The van der Waals surface area contributed by atoms with E-state index < -0.39 is 0 Å². The normalized spacial score (nSPS) is 34.0. The third kappa shape index (κ3) is 1.96. The molecule has 0 aromatic rings. The summed E-state index contributed by atoms with van der Waals surface area (Å²) in [7, 11) is 1.48. The molecule has 0 aromatic carbocycles. The Bertz CT molecular complexity index is 266. The van der Waals surface area contributed by atoms with Crippen molar-refractivity contribution in [1.82, 2.24) is 10.2 Å². The fraction of sp³-hybridized carbons (Fsp3) is 0.917. The highest BCUT2D eigenvalue weighted by Crippen LogP contribution is 2.38. The zero-order chi connectivity index (χ0) is 11.6. The molecule has 0 aromatic heterocycles. The van der Waals surface area contributed by atoms with E-state index in [9.17, 15) is 4.79 Å². The summed E-state index contributed by atoms with van der Waals surface area (Å²) in [5, 5.41) is 3.55. The third-order valence-corrected chi connectivity index (χ3v) is 4.06. The Morgan fingerprint density at radius 1 is 1.56 bits per heavy atom. The molecule has 0 saturated carbocycles. The molecule has 16 heavy (non-hydrogen) atoms. The zero-order valence-electron chi connectivity index (χ0n) is 10.3. The molecule has 2 heterocycles. The minimum Gasteiger partial charge on any atom is -0.469 e. The molecule has 2 saturated heterocycles. The van der Waals surface area contributed by atoms with Crippen molar-refractivity contribution >= 4 is 5.97 Å². The fourth-order valence-electron chi connectivity index (χ4n) is 3.39. The second kappa shape index (κ2) is 4.72. The Morgan fingerprint density at radius 3 is 3.06 bits per heavy atom. The summed E-state index contributed by atoms with van der Waals surface area (Å²) in [5.41, 5.74) is -0.0294. The van der Waals surface area contributed by atoms with Crippen molar-refractivity contribution in [3.8, 4) is 0 Å². The second-order valence-electron chi connectivity index (χ2n) is 4.88. The van der Waals surface area contributed by atoms with Crippen molar-refractivity contribution in [2.75, 3.05) is 26.7 Å². The van der Waals surface area contributed by atoms with Crippen LogP contribution < -0.4 is 5.32 Å². The molecular formula is C12H22N2O2. The van der Waals surface area contributed by atoms with Gasteiger partial charge < -0.3 is 10.1 Å². The topological polar surface area (TPSA) is 41.6 Å². The van der Waals surface area contributed by atoms with Gasteiger partial charge in [-0.25, -0.2) is 0 Å². The first-order chi connectivity index (χ1) is 7.72. The molecular weight excluding hydrogens is 204 g/mol. The minimum absolute atomic E-state index is 0.0294. The minimum atomic E-state index is -0.0882. The number of methoxy groups -OCH3 is 1. The van der Waals surface area contributed by atoms with E-state index in [1.807, 2.05) is 0 Å². The van der Waals surface area contributed by atoms with Crippen LogP contribution in [0.2, 0.25) is 0 Å². The number of nitrogens with one attached hydrogen (secondary N) is 1. The number of carbonyl (C=O) groups excluding carboxylic acids is 1. The highest BCUT2D eigenvalue weighted by atomic mass is 16.5. The molecule has 2 fully saturated rings. The summed E-state index contributed by atoms with van der Waals surface area (Å²) >= 11 is 0. The van der Waals surface area contributed by atoms with Gasteiger partial charge in [-0.05, 0) is 32.4 Å². The highest BCUT2D eigenvalue weighted by Gasteiger charge is 2.49. The van der Waals surface area contributed by atoms with E-state index in [-0.39, 0.29) is 11.5 Å². The molecule has 0 aliphatic carbocycles. The van der Waals surface area contributed by atoms with Gasteiger partial charge in [-0.15, -0.1) is 0 Å². The van der Waals surface area contributed by atoms with Crippen LogP contribution in [0.4, 0.5) is 0 Å². The number of carbonyl (C=O) groups is 1. The van der Waals surface area contributed by atoms with Gasteiger partial charge in [-0.3, -0.25) is 9.69 Å². The average molecular weight is 226 g/mol. The van der Waals surface area contributed by atoms with Crippen LogP contribution in [-0.2, 0) is 9.53 Å². The first kappa shape index (κ1) is 11.9. The maximum Gasteiger partial charge on any atom is 0.307 e. The Labute approximate surface area is 97.3 Å². The number of hydrogen-bond donors (Lipinski definition) is 1. The number of likely N-dealkylation sites (N-methyl/N-ethyl adjacent to an activating group) is 1. The lowest BCUT2D eigenvalue weighted by Crippen LogP contribution is -2.54.